The van der Waals surface area contributed by atoms with E-state index in [4.69, 9.17) is 4.74 Å². The topological polar surface area (TPSA) is 44.6 Å². The van der Waals surface area contributed by atoms with Crippen molar-refractivity contribution >= 4 is 24.2 Å². The van der Waals surface area contributed by atoms with E-state index in [1.165, 1.54) is 110 Å². The fourth-order valence-electron chi connectivity index (χ4n) is 10.6. The van der Waals surface area contributed by atoms with Crippen molar-refractivity contribution in [2.24, 2.45) is 47.3 Å². The summed E-state index contributed by atoms with van der Waals surface area (Å²) in [5.41, 5.74) is 1.70. The van der Waals surface area contributed by atoms with Gasteiger partial charge in [-0.3, -0.25) is 4.79 Å². The molecule has 41 heavy (non-hydrogen) atoms. The molecule has 230 valence electrons. The number of rotatable bonds is 6. The minimum absolute atomic E-state index is 0.217. The van der Waals surface area contributed by atoms with Crippen LogP contribution in [0.2, 0.25) is 0 Å². The fourth-order valence-corrected chi connectivity index (χ4v) is 11.0. The highest BCUT2D eigenvalue weighted by Crippen LogP contribution is 2.54. The van der Waals surface area contributed by atoms with E-state index >= 15 is 0 Å². The number of carbonyl (C=O) groups excluding carboxylic acids is 1. The molecule has 0 aromatic rings. The lowest BCUT2D eigenvalue weighted by molar-refractivity contribution is -0.586. The maximum absolute atomic E-state index is 13.6. The van der Waals surface area contributed by atoms with Gasteiger partial charge >= 0.3 is 0 Å². The third-order valence-corrected chi connectivity index (χ3v) is 14.0. The van der Waals surface area contributed by atoms with E-state index < -0.39 is 0 Å². The second-order valence-electron chi connectivity index (χ2n) is 15.6. The Kier molecular flexibility index (Phi) is 9.09. The van der Waals surface area contributed by atoms with Gasteiger partial charge in [-0.15, -0.1) is 0 Å². The highest BCUT2D eigenvalue weighted by Gasteiger charge is 2.54. The first-order valence-corrected chi connectivity index (χ1v) is 18.6. The van der Waals surface area contributed by atoms with Gasteiger partial charge in [0.15, 0.2) is 5.71 Å². The van der Waals surface area contributed by atoms with Gasteiger partial charge in [-0.2, -0.15) is 12.6 Å². The Morgan fingerprint density at radius 3 is 2.39 bits per heavy atom. The van der Waals surface area contributed by atoms with Crippen LogP contribution >= 0.6 is 12.6 Å². The molecule has 7 rings (SSSR count). The zero-order valence-corrected chi connectivity index (χ0v) is 26.8. The summed E-state index contributed by atoms with van der Waals surface area (Å²) in [7, 11) is 0. The third kappa shape index (κ3) is 6.06. The molecule has 3 aliphatic heterocycles. The molecule has 4 aliphatic carbocycles. The molecule has 9 atom stereocenters. The SMILES string of the molecule is CC1CCC(C(=O)NCC2CCC(CS)CC2)CC1C1C2CCC(=[N+]3CCC3)CC2OC2CC(N3CCC3)CCC21. The number of ether oxygens (including phenoxy) is 1. The molecule has 3 heterocycles. The molecule has 7 aliphatic rings. The number of thiol groups is 1. The molecule has 9 unspecified atom stereocenters. The summed E-state index contributed by atoms with van der Waals surface area (Å²) in [4.78, 5) is 16.4. The van der Waals surface area contributed by atoms with Crippen LogP contribution in [0, 0.1) is 47.3 Å². The quantitative estimate of drug-likeness (QED) is 0.306. The smallest absolute Gasteiger partial charge is 0.223 e. The summed E-state index contributed by atoms with van der Waals surface area (Å²) in [5.74, 6) is 6.63. The van der Waals surface area contributed by atoms with Crippen molar-refractivity contribution in [2.45, 2.75) is 121 Å². The molecule has 0 spiro atoms. The number of hydrogen-bond donors (Lipinski definition) is 2. The van der Waals surface area contributed by atoms with Gasteiger partial charge in [0.1, 0.15) is 13.1 Å². The summed E-state index contributed by atoms with van der Waals surface area (Å²) in [6.45, 7) is 8.58. The summed E-state index contributed by atoms with van der Waals surface area (Å²) in [6, 6.07) is 0.745. The highest BCUT2D eigenvalue weighted by molar-refractivity contribution is 7.80. The minimum atomic E-state index is 0.217. The van der Waals surface area contributed by atoms with Crippen molar-refractivity contribution in [3.05, 3.63) is 0 Å². The van der Waals surface area contributed by atoms with Crippen molar-refractivity contribution in [1.29, 1.82) is 0 Å². The molecule has 3 saturated heterocycles. The molecule has 6 heteroatoms. The van der Waals surface area contributed by atoms with Crippen molar-refractivity contribution < 1.29 is 14.1 Å². The van der Waals surface area contributed by atoms with E-state index in [0.29, 0.717) is 41.8 Å². The molecule has 5 nitrogen and oxygen atoms in total. The number of amides is 1. The van der Waals surface area contributed by atoms with Gasteiger partial charge in [0.2, 0.25) is 5.91 Å². The summed E-state index contributed by atoms with van der Waals surface area (Å²) in [5, 5.41) is 3.47. The third-order valence-electron chi connectivity index (χ3n) is 13.5. The second kappa shape index (κ2) is 12.8. The van der Waals surface area contributed by atoms with Crippen LogP contribution in [0.25, 0.3) is 0 Å². The van der Waals surface area contributed by atoms with Crippen molar-refractivity contribution in [2.75, 3.05) is 38.5 Å². The Bertz CT molecular complexity index is 953. The molecule has 0 aromatic carbocycles. The number of fused-ring (bicyclic) bond motifs is 2. The molecule has 0 radical (unpaired) electrons. The van der Waals surface area contributed by atoms with Gasteiger partial charge < -0.3 is 15.0 Å². The van der Waals surface area contributed by atoms with Crippen molar-refractivity contribution in [1.82, 2.24) is 10.2 Å². The average molecular weight is 585 g/mol. The van der Waals surface area contributed by atoms with E-state index in [0.717, 1.165) is 48.9 Å². The van der Waals surface area contributed by atoms with Gasteiger partial charge in [-0.1, -0.05) is 6.92 Å². The number of carbonyl (C=O) groups is 1. The summed E-state index contributed by atoms with van der Waals surface area (Å²) in [6.07, 6.45) is 19.9. The summed E-state index contributed by atoms with van der Waals surface area (Å²) < 4.78 is 9.85. The van der Waals surface area contributed by atoms with Gasteiger partial charge in [0, 0.05) is 24.9 Å². The predicted octanol–water partition coefficient (Wildman–Crippen LogP) is 5.81. The average Bonchev–Trinajstić information content (AvgIpc) is 2.93. The minimum Gasteiger partial charge on any atom is -0.374 e. The fraction of sp³-hybridized carbons (Fsp3) is 0.943. The van der Waals surface area contributed by atoms with E-state index in [2.05, 4.69) is 34.3 Å². The van der Waals surface area contributed by atoms with Crippen LogP contribution in [-0.2, 0) is 9.53 Å². The molecule has 1 N–H and O–H groups in total. The highest BCUT2D eigenvalue weighted by atomic mass is 32.1. The van der Waals surface area contributed by atoms with Gasteiger partial charge in [-0.25, -0.2) is 4.58 Å². The largest absolute Gasteiger partial charge is 0.374 e. The molecule has 4 saturated carbocycles. The monoisotopic (exact) mass is 584 g/mol. The Morgan fingerprint density at radius 2 is 1.68 bits per heavy atom. The van der Waals surface area contributed by atoms with E-state index in [-0.39, 0.29) is 5.92 Å². The van der Waals surface area contributed by atoms with Crippen molar-refractivity contribution in [3.8, 4) is 0 Å². The molecule has 1 amide bonds. The lowest BCUT2D eigenvalue weighted by Crippen LogP contribution is -2.59. The first-order valence-electron chi connectivity index (χ1n) is 17.9. The van der Waals surface area contributed by atoms with Gasteiger partial charge in [0.05, 0.1) is 25.0 Å². The molecule has 0 aromatic heterocycles. The first kappa shape index (κ1) is 29.1. The van der Waals surface area contributed by atoms with E-state index in [9.17, 15) is 4.79 Å². The van der Waals surface area contributed by atoms with Crippen molar-refractivity contribution in [3.63, 3.8) is 0 Å². The molecular weight excluding hydrogens is 526 g/mol. The molecule has 7 fully saturated rings. The van der Waals surface area contributed by atoms with Gasteiger partial charge in [-0.05, 0) is 137 Å². The van der Waals surface area contributed by atoms with Crippen LogP contribution in [0.3, 0.4) is 0 Å². The van der Waals surface area contributed by atoms with Crippen LogP contribution < -0.4 is 5.32 Å². The molecule has 0 bridgehead atoms. The Balaban J connectivity index is 1.05. The lowest BCUT2D eigenvalue weighted by Gasteiger charge is -2.57. The Morgan fingerprint density at radius 1 is 0.902 bits per heavy atom. The Labute approximate surface area is 255 Å². The van der Waals surface area contributed by atoms with Crippen LogP contribution in [0.1, 0.15) is 103 Å². The van der Waals surface area contributed by atoms with Crippen LogP contribution in [0.4, 0.5) is 0 Å². The predicted molar refractivity (Wildman–Crippen MR) is 169 cm³/mol. The van der Waals surface area contributed by atoms with Crippen LogP contribution in [0.15, 0.2) is 0 Å². The zero-order valence-electron chi connectivity index (χ0n) is 25.9. The number of hydrogen-bond acceptors (Lipinski definition) is 4. The number of likely N-dealkylation sites (tertiary alicyclic amines) is 1. The standard InChI is InChI=1S/C35H57N3O2S/c1-23-4-9-26(35(39)36-21-24-5-7-25(22-41)8-6-24)18-31(23)34-29-12-10-27(37-14-2-15-37)19-32(29)40-33-20-28(11-13-30(33)34)38-16-3-17-38/h23-27,29-34H,2-22H2,1H3,(H-,36,39,41)/p+1. The summed E-state index contributed by atoms with van der Waals surface area (Å²) >= 11 is 4.52. The maximum atomic E-state index is 13.6. The van der Waals surface area contributed by atoms with E-state index in [1.807, 2.05) is 0 Å². The molecular formula is C35H58N3O2S+. The first-order chi connectivity index (χ1) is 20.1. The lowest BCUT2D eigenvalue weighted by atomic mass is 9.55. The number of nitrogens with zero attached hydrogens (tertiary/aromatic N) is 2. The van der Waals surface area contributed by atoms with Crippen LogP contribution in [0.5, 0.6) is 0 Å². The van der Waals surface area contributed by atoms with Gasteiger partial charge in [0.25, 0.3) is 0 Å². The van der Waals surface area contributed by atoms with E-state index in [1.54, 1.807) is 5.71 Å². The number of nitrogens with one attached hydrogen (secondary N) is 1. The zero-order chi connectivity index (χ0) is 27.9. The maximum Gasteiger partial charge on any atom is 0.223 e. The second-order valence-corrected chi connectivity index (χ2v) is 16.0. The van der Waals surface area contributed by atoms with Crippen LogP contribution in [-0.4, -0.2) is 77.8 Å². The Hall–Kier alpha value is -0.590. The normalized spacial score (nSPS) is 45.2.